The first-order valence-electron chi connectivity index (χ1n) is 8.91. The van der Waals surface area contributed by atoms with Gasteiger partial charge in [-0.05, 0) is 35.0 Å². The van der Waals surface area contributed by atoms with E-state index < -0.39 is 0 Å². The Kier molecular flexibility index (Phi) is 8.15. The normalized spacial score (nSPS) is 11.5. The fourth-order valence-electron chi connectivity index (χ4n) is 2.61. The van der Waals surface area contributed by atoms with E-state index in [4.69, 9.17) is 15.2 Å². The maximum atomic E-state index is 12.4. The molecule has 3 N–H and O–H groups in total. The van der Waals surface area contributed by atoms with Crippen LogP contribution in [0.15, 0.2) is 59.9 Å². The van der Waals surface area contributed by atoms with Crippen molar-refractivity contribution in [3.05, 3.63) is 71.1 Å². The molecule has 0 amide bonds. The van der Waals surface area contributed by atoms with Crippen molar-refractivity contribution in [2.24, 2.45) is 5.73 Å². The average molecular weight is 386 g/mol. The predicted octanol–water partition coefficient (Wildman–Crippen LogP) is 2.65. The quantitative estimate of drug-likeness (QED) is 0.394. The van der Waals surface area contributed by atoms with Crippen molar-refractivity contribution in [2.45, 2.75) is 26.3 Å². The molecular formula is C21H27N2O3P. The lowest BCUT2D eigenvalue weighted by atomic mass is 10.1. The van der Waals surface area contributed by atoms with Crippen molar-refractivity contribution < 1.29 is 14.3 Å². The van der Waals surface area contributed by atoms with Gasteiger partial charge in [0.25, 0.3) is 0 Å². The molecule has 6 heteroatoms. The van der Waals surface area contributed by atoms with Gasteiger partial charge in [-0.25, -0.2) is 4.79 Å². The molecule has 2 aromatic carbocycles. The number of esters is 1. The van der Waals surface area contributed by atoms with Crippen LogP contribution in [0.4, 0.5) is 0 Å². The number of rotatable bonds is 9. The van der Waals surface area contributed by atoms with Crippen LogP contribution < -0.4 is 21.1 Å². The first-order chi connectivity index (χ1) is 13.0. The number of carbonyl (C=O) groups excluding carboxylic acids is 1. The number of hydrogen-bond donors (Lipinski definition) is 2. The molecule has 27 heavy (non-hydrogen) atoms. The largest absolute Gasteiger partial charge is 0.497 e. The van der Waals surface area contributed by atoms with Gasteiger partial charge in [0.2, 0.25) is 0 Å². The Morgan fingerprint density at radius 3 is 2.56 bits per heavy atom. The molecule has 0 saturated heterocycles. The Bertz CT molecular complexity index is 791. The monoisotopic (exact) mass is 386 g/mol. The van der Waals surface area contributed by atoms with E-state index in [0.717, 1.165) is 22.2 Å². The predicted molar refractivity (Wildman–Crippen MR) is 112 cm³/mol. The van der Waals surface area contributed by atoms with Gasteiger partial charge in [-0.1, -0.05) is 43.3 Å². The summed E-state index contributed by atoms with van der Waals surface area (Å²) in [7, 11) is 4.31. The molecule has 0 aliphatic rings. The third-order valence-corrected chi connectivity index (χ3v) is 4.75. The van der Waals surface area contributed by atoms with E-state index >= 15 is 0 Å². The van der Waals surface area contributed by atoms with Crippen LogP contribution in [0.1, 0.15) is 24.5 Å². The highest BCUT2D eigenvalue weighted by Crippen LogP contribution is 2.13. The summed E-state index contributed by atoms with van der Waals surface area (Å²) in [6.45, 7) is 2.74. The van der Waals surface area contributed by atoms with Gasteiger partial charge in [0, 0.05) is 13.0 Å². The molecule has 1 unspecified atom stereocenters. The number of hydrogen-bond acceptors (Lipinski definition) is 5. The number of methoxy groups -OCH3 is 1. The highest BCUT2D eigenvalue weighted by molar-refractivity contribution is 7.27. The minimum absolute atomic E-state index is 0.294. The Morgan fingerprint density at radius 2 is 1.93 bits per heavy atom. The molecule has 0 heterocycles. The van der Waals surface area contributed by atoms with Gasteiger partial charge in [0.15, 0.2) is 0 Å². The van der Waals surface area contributed by atoms with Crippen LogP contribution in [-0.2, 0) is 22.5 Å². The second-order valence-corrected chi connectivity index (χ2v) is 6.66. The Labute approximate surface area is 163 Å². The lowest BCUT2D eigenvalue weighted by molar-refractivity contribution is -0.139. The standard InChI is InChI=1S/C21H27N2O3P/c1-3-18(20(22)23-14-15-7-5-4-6-8-15)21(24)26-12-11-16-9-10-17(25-2)13-19(16)27/h4-10,13,23H,3,11-12,14,22,27H2,1-2H3/b20-18+. The lowest BCUT2D eigenvalue weighted by Gasteiger charge is -2.13. The third kappa shape index (κ3) is 6.30. The zero-order chi connectivity index (χ0) is 19.6. The number of ether oxygens (including phenoxy) is 2. The molecule has 0 aliphatic carbocycles. The van der Waals surface area contributed by atoms with Crippen LogP contribution in [-0.4, -0.2) is 19.7 Å². The molecule has 2 rings (SSSR count). The zero-order valence-corrected chi connectivity index (χ0v) is 17.0. The van der Waals surface area contributed by atoms with E-state index in [1.165, 1.54) is 0 Å². The summed E-state index contributed by atoms with van der Waals surface area (Å²) in [5.41, 5.74) is 8.71. The molecule has 0 bridgehead atoms. The van der Waals surface area contributed by atoms with Crippen molar-refractivity contribution in [2.75, 3.05) is 13.7 Å². The maximum absolute atomic E-state index is 12.4. The first kappa shape index (κ1) is 20.8. The summed E-state index contributed by atoms with van der Waals surface area (Å²) in [4.78, 5) is 12.4. The van der Waals surface area contributed by atoms with Gasteiger partial charge in [-0.15, -0.1) is 9.24 Å². The number of nitrogens with two attached hydrogens (primary N) is 1. The van der Waals surface area contributed by atoms with Crippen LogP contribution in [0.25, 0.3) is 0 Å². The first-order valence-corrected chi connectivity index (χ1v) is 9.48. The molecule has 144 valence electrons. The second kappa shape index (κ2) is 10.6. The fourth-order valence-corrected chi connectivity index (χ4v) is 3.02. The topological polar surface area (TPSA) is 73.6 Å². The summed E-state index contributed by atoms with van der Waals surface area (Å²) >= 11 is 0. The smallest absolute Gasteiger partial charge is 0.337 e. The summed E-state index contributed by atoms with van der Waals surface area (Å²) < 4.78 is 10.6. The molecular weight excluding hydrogens is 359 g/mol. The van der Waals surface area contributed by atoms with E-state index in [1.807, 2.05) is 55.5 Å². The molecule has 0 spiro atoms. The van der Waals surface area contributed by atoms with Gasteiger partial charge in [-0.2, -0.15) is 0 Å². The van der Waals surface area contributed by atoms with Gasteiger partial charge in [0.05, 0.1) is 19.3 Å². The average Bonchev–Trinajstić information content (AvgIpc) is 2.69. The third-order valence-electron chi connectivity index (χ3n) is 4.21. The van der Waals surface area contributed by atoms with Gasteiger partial charge >= 0.3 is 5.97 Å². The Hall–Kier alpha value is -2.52. The van der Waals surface area contributed by atoms with E-state index in [1.54, 1.807) is 7.11 Å². The van der Waals surface area contributed by atoms with E-state index in [0.29, 0.717) is 37.4 Å². The molecule has 0 aromatic heterocycles. The van der Waals surface area contributed by atoms with E-state index in [2.05, 4.69) is 14.6 Å². The van der Waals surface area contributed by atoms with Crippen molar-refractivity contribution in [1.29, 1.82) is 0 Å². The molecule has 1 atom stereocenters. The molecule has 0 fully saturated rings. The van der Waals surface area contributed by atoms with Crippen LogP contribution in [0.3, 0.4) is 0 Å². The number of carbonyl (C=O) groups is 1. The lowest BCUT2D eigenvalue weighted by Crippen LogP contribution is -2.25. The molecule has 0 aliphatic heterocycles. The summed E-state index contributed by atoms with van der Waals surface area (Å²) in [5.74, 6) is 0.783. The minimum Gasteiger partial charge on any atom is -0.497 e. The summed E-state index contributed by atoms with van der Waals surface area (Å²) in [6, 6.07) is 15.7. The number of nitrogens with one attached hydrogen (secondary N) is 1. The number of benzene rings is 2. The van der Waals surface area contributed by atoms with Gasteiger partial charge < -0.3 is 20.5 Å². The minimum atomic E-state index is -0.380. The molecule has 0 radical (unpaired) electrons. The molecule has 0 saturated carbocycles. The van der Waals surface area contributed by atoms with E-state index in [-0.39, 0.29) is 5.97 Å². The highest BCUT2D eigenvalue weighted by Gasteiger charge is 2.14. The van der Waals surface area contributed by atoms with Crippen molar-refractivity contribution in [1.82, 2.24) is 5.32 Å². The van der Waals surface area contributed by atoms with Crippen molar-refractivity contribution in [3.63, 3.8) is 0 Å². The SMILES string of the molecule is CC/C(C(=O)OCCc1ccc(OC)cc1P)=C(/N)NCc1ccccc1. The second-order valence-electron chi connectivity index (χ2n) is 6.04. The maximum Gasteiger partial charge on any atom is 0.337 e. The van der Waals surface area contributed by atoms with E-state index in [9.17, 15) is 4.79 Å². The van der Waals surface area contributed by atoms with Crippen LogP contribution >= 0.6 is 9.24 Å². The Morgan fingerprint density at radius 1 is 1.19 bits per heavy atom. The summed E-state index contributed by atoms with van der Waals surface area (Å²) in [6.07, 6.45) is 1.13. The zero-order valence-electron chi connectivity index (χ0n) is 15.8. The molecule has 5 nitrogen and oxygen atoms in total. The van der Waals surface area contributed by atoms with Crippen LogP contribution in [0, 0.1) is 0 Å². The van der Waals surface area contributed by atoms with Crippen LogP contribution in [0.5, 0.6) is 5.75 Å². The summed E-state index contributed by atoms with van der Waals surface area (Å²) in [5, 5.41) is 4.13. The fraction of sp³-hybridized carbons (Fsp3) is 0.286. The van der Waals surface area contributed by atoms with Crippen LogP contribution in [0.2, 0.25) is 0 Å². The van der Waals surface area contributed by atoms with Gasteiger partial charge in [-0.3, -0.25) is 0 Å². The van der Waals surface area contributed by atoms with Gasteiger partial charge in [0.1, 0.15) is 11.6 Å². The molecule has 2 aromatic rings. The Balaban J connectivity index is 1.90. The van der Waals surface area contributed by atoms with Crippen molar-refractivity contribution >= 4 is 20.5 Å². The van der Waals surface area contributed by atoms with Crippen molar-refractivity contribution in [3.8, 4) is 5.75 Å². The highest BCUT2D eigenvalue weighted by atomic mass is 31.0.